The van der Waals surface area contributed by atoms with Crippen molar-refractivity contribution >= 4 is 23.7 Å². The molecule has 10 heteroatoms. The number of ketones is 1. The van der Waals surface area contributed by atoms with E-state index in [4.69, 9.17) is 18.9 Å². The van der Waals surface area contributed by atoms with Crippen LogP contribution < -0.4 is 10.6 Å². The summed E-state index contributed by atoms with van der Waals surface area (Å²) >= 11 is 0. The highest BCUT2D eigenvalue weighted by atomic mass is 16.6. The molecule has 0 amide bonds. The van der Waals surface area contributed by atoms with Crippen molar-refractivity contribution in [2.75, 3.05) is 40.5 Å². The first-order valence-electron chi connectivity index (χ1n) is 11.0. The van der Waals surface area contributed by atoms with Gasteiger partial charge >= 0.3 is 17.9 Å². The van der Waals surface area contributed by atoms with Crippen LogP contribution in [0.5, 0.6) is 0 Å². The van der Waals surface area contributed by atoms with E-state index in [1.54, 1.807) is 6.92 Å². The highest BCUT2D eigenvalue weighted by Gasteiger charge is 2.23. The van der Waals surface area contributed by atoms with Crippen molar-refractivity contribution in [1.82, 2.24) is 10.6 Å². The molecule has 0 heterocycles. The summed E-state index contributed by atoms with van der Waals surface area (Å²) in [6.07, 6.45) is -0.360. The Hall–Kier alpha value is -2.04. The highest BCUT2D eigenvalue weighted by Crippen LogP contribution is 2.05. The predicted molar refractivity (Wildman–Crippen MR) is 118 cm³/mol. The Morgan fingerprint density at radius 2 is 1.19 bits per heavy atom. The molecule has 0 saturated carbocycles. The number of hydrogen-bond donors (Lipinski definition) is 2. The van der Waals surface area contributed by atoms with Crippen LogP contribution in [0.4, 0.5) is 0 Å². The van der Waals surface area contributed by atoms with E-state index in [1.807, 2.05) is 27.7 Å². The molecule has 186 valence electrons. The third kappa shape index (κ3) is 12.1. The second-order valence-corrected chi connectivity index (χ2v) is 8.10. The normalized spacial score (nSPS) is 14.0. The maximum atomic E-state index is 12.2. The van der Waals surface area contributed by atoms with Gasteiger partial charge in [-0.3, -0.25) is 19.2 Å². The number of hydrogen-bond acceptors (Lipinski definition) is 10. The van der Waals surface area contributed by atoms with E-state index in [0.717, 1.165) is 0 Å². The number of Topliss-reactive ketones (excluding diaryl/α,β-unsaturated/α-hetero) is 1. The van der Waals surface area contributed by atoms with Gasteiger partial charge in [-0.15, -0.1) is 0 Å². The maximum Gasteiger partial charge on any atom is 0.323 e. The molecule has 0 spiro atoms. The Morgan fingerprint density at radius 1 is 0.719 bits per heavy atom. The van der Waals surface area contributed by atoms with E-state index >= 15 is 0 Å². The Kier molecular flexibility index (Phi) is 15.5. The van der Waals surface area contributed by atoms with Gasteiger partial charge < -0.3 is 29.6 Å². The average Bonchev–Trinajstić information content (AvgIpc) is 2.75. The first kappa shape index (κ1) is 30.0. The van der Waals surface area contributed by atoms with Gasteiger partial charge in [0.1, 0.15) is 24.8 Å². The van der Waals surface area contributed by atoms with Gasteiger partial charge in [0.2, 0.25) is 0 Å². The molecule has 0 fully saturated rings. The number of ether oxygens (including phenoxy) is 4. The van der Waals surface area contributed by atoms with Gasteiger partial charge in [-0.25, -0.2) is 0 Å². The van der Waals surface area contributed by atoms with Crippen LogP contribution in [0.3, 0.4) is 0 Å². The first-order valence-corrected chi connectivity index (χ1v) is 11.0. The lowest BCUT2D eigenvalue weighted by atomic mass is 10.0. The summed E-state index contributed by atoms with van der Waals surface area (Å²) in [5.74, 6) is -1.23. The minimum Gasteiger partial charge on any atom is -0.468 e. The number of methoxy groups -OCH3 is 2. The Bertz CT molecular complexity index is 594. The molecule has 0 radical (unpaired) electrons. The third-order valence-corrected chi connectivity index (χ3v) is 4.84. The number of rotatable bonds is 17. The summed E-state index contributed by atoms with van der Waals surface area (Å²) in [6.45, 7) is 9.90. The lowest BCUT2D eigenvalue weighted by molar-refractivity contribution is -0.148. The molecule has 0 aliphatic heterocycles. The Morgan fingerprint density at radius 3 is 1.62 bits per heavy atom. The standard InChI is InChI=1S/C22H40N2O8/c1-14(2)19(21(27)29-6)23-10-8-17(25)16(5)31-12-13-32-18(26)9-11-24-20(15(3)4)22(28)30-7/h14-16,19-20,23-24H,8-13H2,1-7H3. The number of carbonyl (C=O) groups is 4. The molecular formula is C22H40N2O8. The zero-order chi connectivity index (χ0) is 24.7. The summed E-state index contributed by atoms with van der Waals surface area (Å²) in [4.78, 5) is 47.3. The van der Waals surface area contributed by atoms with Crippen LogP contribution in [0.25, 0.3) is 0 Å². The van der Waals surface area contributed by atoms with Crippen molar-refractivity contribution in [3.63, 3.8) is 0 Å². The molecule has 32 heavy (non-hydrogen) atoms. The zero-order valence-electron chi connectivity index (χ0n) is 20.4. The van der Waals surface area contributed by atoms with Gasteiger partial charge in [0.25, 0.3) is 0 Å². The molecule has 0 bridgehead atoms. The van der Waals surface area contributed by atoms with E-state index in [9.17, 15) is 19.2 Å². The van der Waals surface area contributed by atoms with Crippen LogP contribution in [-0.4, -0.2) is 82.4 Å². The fourth-order valence-electron chi connectivity index (χ4n) is 2.87. The van der Waals surface area contributed by atoms with Crippen LogP contribution in [0.15, 0.2) is 0 Å². The lowest BCUT2D eigenvalue weighted by Crippen LogP contribution is -2.43. The van der Waals surface area contributed by atoms with Crippen molar-refractivity contribution < 1.29 is 38.1 Å². The summed E-state index contributed by atoms with van der Waals surface area (Å²) in [6, 6.07) is -0.956. The molecular weight excluding hydrogens is 420 g/mol. The SMILES string of the molecule is COC(=O)C(NCCC(=O)OCCOC(C)C(=O)CCNC(C(=O)OC)C(C)C)C(C)C. The highest BCUT2D eigenvalue weighted by molar-refractivity contribution is 5.83. The molecule has 3 atom stereocenters. The summed E-state index contributed by atoms with van der Waals surface area (Å²) < 4.78 is 20.0. The van der Waals surface area contributed by atoms with Crippen molar-refractivity contribution in [3.05, 3.63) is 0 Å². The molecule has 0 aliphatic carbocycles. The van der Waals surface area contributed by atoms with E-state index in [-0.39, 0.29) is 62.2 Å². The minimum absolute atomic E-state index is 0.0249. The van der Waals surface area contributed by atoms with Gasteiger partial charge in [-0.2, -0.15) is 0 Å². The number of nitrogens with one attached hydrogen (secondary N) is 2. The number of carbonyl (C=O) groups excluding carboxylic acids is 4. The summed E-state index contributed by atoms with van der Waals surface area (Å²) in [7, 11) is 2.65. The summed E-state index contributed by atoms with van der Waals surface area (Å²) in [5.41, 5.74) is 0. The van der Waals surface area contributed by atoms with Gasteiger partial charge in [-0.05, 0) is 18.8 Å². The second kappa shape index (κ2) is 16.6. The van der Waals surface area contributed by atoms with Gasteiger partial charge in [0.05, 0.1) is 27.2 Å². The van der Waals surface area contributed by atoms with Crippen LogP contribution in [-0.2, 0) is 38.1 Å². The first-order chi connectivity index (χ1) is 15.0. The summed E-state index contributed by atoms with van der Waals surface area (Å²) in [5, 5.41) is 6.01. The van der Waals surface area contributed by atoms with Crippen molar-refractivity contribution in [2.24, 2.45) is 11.8 Å². The third-order valence-electron chi connectivity index (χ3n) is 4.84. The topological polar surface area (TPSA) is 129 Å². The average molecular weight is 461 g/mol. The van der Waals surface area contributed by atoms with Crippen LogP contribution >= 0.6 is 0 Å². The Labute approximate surface area is 191 Å². The second-order valence-electron chi connectivity index (χ2n) is 8.10. The Balaban J connectivity index is 4.06. The van der Waals surface area contributed by atoms with Crippen molar-refractivity contribution in [2.45, 2.75) is 65.6 Å². The molecule has 10 nitrogen and oxygen atoms in total. The van der Waals surface area contributed by atoms with E-state index in [0.29, 0.717) is 6.54 Å². The van der Waals surface area contributed by atoms with Gasteiger partial charge in [0, 0.05) is 19.5 Å². The molecule has 0 rings (SSSR count). The molecule has 0 aromatic rings. The van der Waals surface area contributed by atoms with E-state index in [2.05, 4.69) is 10.6 Å². The molecule has 0 aliphatic rings. The van der Waals surface area contributed by atoms with Crippen LogP contribution in [0, 0.1) is 11.8 Å². The van der Waals surface area contributed by atoms with Crippen molar-refractivity contribution in [3.8, 4) is 0 Å². The monoisotopic (exact) mass is 460 g/mol. The van der Waals surface area contributed by atoms with Gasteiger partial charge in [-0.1, -0.05) is 27.7 Å². The fourth-order valence-corrected chi connectivity index (χ4v) is 2.87. The molecule has 2 N–H and O–H groups in total. The van der Waals surface area contributed by atoms with Crippen LogP contribution in [0.1, 0.15) is 47.5 Å². The zero-order valence-corrected chi connectivity index (χ0v) is 20.4. The predicted octanol–water partition coefficient (Wildman–Crippen LogP) is 0.858. The maximum absolute atomic E-state index is 12.2. The van der Waals surface area contributed by atoms with E-state index in [1.165, 1.54) is 14.2 Å². The molecule has 0 aromatic carbocycles. The number of esters is 3. The quantitative estimate of drug-likeness (QED) is 0.183. The van der Waals surface area contributed by atoms with Gasteiger partial charge in [0.15, 0.2) is 5.78 Å². The van der Waals surface area contributed by atoms with E-state index < -0.39 is 24.2 Å². The largest absolute Gasteiger partial charge is 0.468 e. The lowest BCUT2D eigenvalue weighted by Gasteiger charge is -2.20. The molecule has 3 unspecified atom stereocenters. The molecule has 0 saturated heterocycles. The fraction of sp³-hybridized carbons (Fsp3) is 0.818. The molecule has 0 aromatic heterocycles. The minimum atomic E-state index is -0.653. The van der Waals surface area contributed by atoms with Crippen molar-refractivity contribution in [1.29, 1.82) is 0 Å². The smallest absolute Gasteiger partial charge is 0.323 e. The van der Waals surface area contributed by atoms with Crippen LogP contribution in [0.2, 0.25) is 0 Å².